The molecular weight excluding hydrogens is 883 g/mol. The molecule has 0 saturated heterocycles. The predicted molar refractivity (Wildman–Crippen MR) is 260 cm³/mol. The molecule has 17 heteroatoms. The van der Waals surface area contributed by atoms with Gasteiger partial charge < -0.3 is 47.1 Å². The van der Waals surface area contributed by atoms with Crippen LogP contribution < -0.4 is 31.9 Å². The molecular formula is C52H67N7O10. The van der Waals surface area contributed by atoms with E-state index in [1.807, 2.05) is 86.6 Å². The van der Waals surface area contributed by atoms with Crippen LogP contribution in [0.2, 0.25) is 0 Å². The van der Waals surface area contributed by atoms with Crippen LogP contribution >= 0.6 is 0 Å². The Kier molecular flexibility index (Phi) is 18.6. The maximum atomic E-state index is 14.6. The molecule has 8 atom stereocenters. The normalized spacial score (nSPS) is 15.8. The van der Waals surface area contributed by atoms with Gasteiger partial charge >= 0.3 is 11.9 Å². The summed E-state index contributed by atoms with van der Waals surface area (Å²) >= 11 is 0. The molecule has 6 amide bonds. The van der Waals surface area contributed by atoms with E-state index in [4.69, 9.17) is 0 Å². The fourth-order valence-electron chi connectivity index (χ4n) is 8.95. The molecule has 370 valence electrons. The Labute approximate surface area is 402 Å². The quantitative estimate of drug-likeness (QED) is 0.0510. The van der Waals surface area contributed by atoms with Crippen molar-refractivity contribution in [3.63, 3.8) is 0 Å². The fourth-order valence-corrected chi connectivity index (χ4v) is 8.95. The Morgan fingerprint density at radius 3 is 1.64 bits per heavy atom. The van der Waals surface area contributed by atoms with Gasteiger partial charge in [0.15, 0.2) is 0 Å². The lowest BCUT2D eigenvalue weighted by Gasteiger charge is -2.32. The summed E-state index contributed by atoms with van der Waals surface area (Å²) in [6.07, 6.45) is 3.00. The van der Waals surface area contributed by atoms with E-state index in [9.17, 15) is 48.6 Å². The summed E-state index contributed by atoms with van der Waals surface area (Å²) in [5.41, 5.74) is 5.18. The zero-order chi connectivity index (χ0) is 50.5. The molecule has 1 aliphatic rings. The minimum absolute atomic E-state index is 0.0460. The molecule has 0 fully saturated rings. The summed E-state index contributed by atoms with van der Waals surface area (Å²) in [7, 11) is 0. The van der Waals surface area contributed by atoms with Crippen LogP contribution in [0.4, 0.5) is 0 Å². The molecule has 1 aromatic heterocycles. The number of aromatic amines is 1. The molecule has 9 N–H and O–H groups in total. The van der Waals surface area contributed by atoms with Crippen molar-refractivity contribution in [2.24, 2.45) is 17.8 Å². The maximum Gasteiger partial charge on any atom is 0.326 e. The highest BCUT2D eigenvalue weighted by Crippen LogP contribution is 2.37. The number of aromatic nitrogens is 1. The Morgan fingerprint density at radius 2 is 1.10 bits per heavy atom. The van der Waals surface area contributed by atoms with Crippen molar-refractivity contribution in [2.45, 2.75) is 136 Å². The lowest BCUT2D eigenvalue weighted by Crippen LogP contribution is -2.61. The molecule has 0 bridgehead atoms. The van der Waals surface area contributed by atoms with Crippen molar-refractivity contribution >= 4 is 58.3 Å². The van der Waals surface area contributed by atoms with E-state index < -0.39 is 108 Å². The van der Waals surface area contributed by atoms with Gasteiger partial charge in [-0.25, -0.2) is 4.79 Å². The SMILES string of the molecule is CCC(C)C(NC(=O)C(CC(=O)O)NC(=O)C(CC(C)C)NC(=O)C(NC(C)=O)C1c2ccccc2CCc2ccccc21)C(=O)NC(C(=O)NC(Cc1c[nH]c2ccccc12)C(=O)O)C(C)CC. The van der Waals surface area contributed by atoms with E-state index in [1.165, 1.54) is 6.92 Å². The van der Waals surface area contributed by atoms with Gasteiger partial charge in [0.1, 0.15) is 36.3 Å². The molecule has 4 aromatic rings. The number of para-hydroxylation sites is 1. The van der Waals surface area contributed by atoms with Gasteiger partial charge in [-0.15, -0.1) is 0 Å². The summed E-state index contributed by atoms with van der Waals surface area (Å²) in [6.45, 7) is 11.9. The Morgan fingerprint density at radius 1 is 0.609 bits per heavy atom. The van der Waals surface area contributed by atoms with Crippen LogP contribution in [0.5, 0.6) is 0 Å². The third-order valence-corrected chi connectivity index (χ3v) is 13.1. The fraction of sp³-hybridized carbons (Fsp3) is 0.462. The third-order valence-electron chi connectivity index (χ3n) is 13.1. The van der Waals surface area contributed by atoms with Crippen molar-refractivity contribution in [3.8, 4) is 0 Å². The number of carboxylic acid groups (broad SMARTS) is 2. The maximum absolute atomic E-state index is 14.6. The Balaban J connectivity index is 1.36. The standard InChI is InChI=1S/C52H67N7O10/c1-8-29(5)44(49(65)57-41(52(68)69)25-34-27-53-38-21-15-14-18-35(34)38)59-50(66)45(30(6)9-2)58-48(64)40(26-42(61)62)55-47(63)39(24-28(3)4)56-51(67)46(54-31(7)60)43-36-19-12-10-16-32(36)22-23-33-17-11-13-20-37(33)43/h10-21,27-30,39-41,43-46,53H,8-9,22-26H2,1-7H3,(H,54,60)(H,55,63)(H,56,67)(H,57,65)(H,58,64)(H,59,66)(H,61,62)(H,68,69). The van der Waals surface area contributed by atoms with Crippen molar-refractivity contribution in [2.75, 3.05) is 0 Å². The average Bonchev–Trinajstić information content (AvgIpc) is 3.64. The number of rotatable bonds is 23. The number of fused-ring (bicyclic) bond motifs is 3. The van der Waals surface area contributed by atoms with Crippen LogP contribution in [0.15, 0.2) is 79.0 Å². The first-order valence-corrected chi connectivity index (χ1v) is 23.8. The lowest BCUT2D eigenvalue weighted by atomic mass is 9.82. The van der Waals surface area contributed by atoms with Gasteiger partial charge in [-0.05, 0) is 70.9 Å². The van der Waals surface area contributed by atoms with Crippen molar-refractivity contribution < 1.29 is 48.6 Å². The molecule has 8 unspecified atom stereocenters. The highest BCUT2D eigenvalue weighted by atomic mass is 16.4. The molecule has 17 nitrogen and oxygen atoms in total. The van der Waals surface area contributed by atoms with Crippen LogP contribution in [0.3, 0.4) is 0 Å². The number of hydrogen-bond donors (Lipinski definition) is 9. The van der Waals surface area contributed by atoms with Gasteiger partial charge in [-0.1, -0.05) is 121 Å². The first kappa shape index (κ1) is 52.9. The molecule has 1 heterocycles. The number of H-pyrrole nitrogens is 1. The number of hydrogen-bond acceptors (Lipinski definition) is 8. The number of nitrogens with one attached hydrogen (secondary N) is 7. The van der Waals surface area contributed by atoms with Gasteiger partial charge in [0.05, 0.1) is 6.42 Å². The van der Waals surface area contributed by atoms with E-state index in [0.717, 1.165) is 33.2 Å². The van der Waals surface area contributed by atoms with Crippen molar-refractivity contribution in [1.82, 2.24) is 36.9 Å². The van der Waals surface area contributed by atoms with E-state index in [2.05, 4.69) is 36.9 Å². The zero-order valence-electron chi connectivity index (χ0n) is 40.4. The number of benzene rings is 3. The summed E-state index contributed by atoms with van der Waals surface area (Å²) in [5.74, 6) is -9.11. The third kappa shape index (κ3) is 13.8. The highest BCUT2D eigenvalue weighted by Gasteiger charge is 2.39. The minimum Gasteiger partial charge on any atom is -0.481 e. The Bertz CT molecular complexity index is 2460. The van der Waals surface area contributed by atoms with Crippen LogP contribution in [-0.4, -0.2) is 98.8 Å². The number of aliphatic carboxylic acids is 2. The molecule has 0 spiro atoms. The molecule has 69 heavy (non-hydrogen) atoms. The molecule has 0 radical (unpaired) electrons. The second-order valence-electron chi connectivity index (χ2n) is 18.6. The van der Waals surface area contributed by atoms with Gasteiger partial charge in [0.2, 0.25) is 35.4 Å². The van der Waals surface area contributed by atoms with Crippen molar-refractivity contribution in [1.29, 1.82) is 0 Å². The number of carbonyl (C=O) groups is 8. The molecule has 1 aliphatic carbocycles. The van der Waals surface area contributed by atoms with Crippen LogP contribution in [0, 0.1) is 17.8 Å². The van der Waals surface area contributed by atoms with Crippen LogP contribution in [0.25, 0.3) is 10.9 Å². The monoisotopic (exact) mass is 949 g/mol. The summed E-state index contributed by atoms with van der Waals surface area (Å²) in [4.78, 5) is 112. The van der Waals surface area contributed by atoms with Gasteiger partial charge in [0, 0.05) is 36.4 Å². The van der Waals surface area contributed by atoms with E-state index in [0.29, 0.717) is 31.2 Å². The highest BCUT2D eigenvalue weighted by molar-refractivity contribution is 5.98. The Hall–Kier alpha value is -7.04. The van der Waals surface area contributed by atoms with Gasteiger partial charge in [-0.3, -0.25) is 33.6 Å². The number of carbonyl (C=O) groups excluding carboxylic acids is 6. The van der Waals surface area contributed by atoms with Crippen LogP contribution in [-0.2, 0) is 57.6 Å². The second-order valence-corrected chi connectivity index (χ2v) is 18.6. The van der Waals surface area contributed by atoms with Crippen molar-refractivity contribution in [3.05, 3.63) is 107 Å². The van der Waals surface area contributed by atoms with E-state index in [1.54, 1.807) is 33.9 Å². The van der Waals surface area contributed by atoms with E-state index >= 15 is 0 Å². The molecule has 0 saturated carbocycles. The number of aryl methyl sites for hydroxylation is 2. The molecule has 5 rings (SSSR count). The largest absolute Gasteiger partial charge is 0.481 e. The smallest absolute Gasteiger partial charge is 0.326 e. The average molecular weight is 950 g/mol. The zero-order valence-corrected chi connectivity index (χ0v) is 40.4. The van der Waals surface area contributed by atoms with Crippen LogP contribution in [0.1, 0.15) is 108 Å². The minimum atomic E-state index is -1.72. The van der Waals surface area contributed by atoms with Gasteiger partial charge in [0.25, 0.3) is 0 Å². The van der Waals surface area contributed by atoms with Gasteiger partial charge in [-0.2, -0.15) is 0 Å². The number of amides is 6. The predicted octanol–water partition coefficient (Wildman–Crippen LogP) is 4.27. The first-order valence-electron chi connectivity index (χ1n) is 23.8. The second kappa shape index (κ2) is 24.3. The first-order chi connectivity index (χ1) is 32.8. The lowest BCUT2D eigenvalue weighted by molar-refractivity contribution is -0.142. The summed E-state index contributed by atoms with van der Waals surface area (Å²) in [5, 5.41) is 37.0. The number of carboxylic acids is 2. The topological polar surface area (TPSA) is 265 Å². The summed E-state index contributed by atoms with van der Waals surface area (Å²) in [6, 6.07) is 14.6. The van der Waals surface area contributed by atoms with E-state index in [-0.39, 0.29) is 18.8 Å². The molecule has 3 aromatic carbocycles. The molecule has 0 aliphatic heterocycles. The summed E-state index contributed by atoms with van der Waals surface area (Å²) < 4.78 is 0.